The zero-order chi connectivity index (χ0) is 11.3. The third-order valence-electron chi connectivity index (χ3n) is 2.78. The van der Waals surface area contributed by atoms with E-state index in [1.54, 1.807) is 0 Å². The van der Waals surface area contributed by atoms with Gasteiger partial charge in [-0.1, -0.05) is 12.2 Å². The molecule has 0 radical (unpaired) electrons. The number of rotatable bonds is 5. The van der Waals surface area contributed by atoms with Crippen LogP contribution in [0.3, 0.4) is 0 Å². The van der Waals surface area contributed by atoms with Gasteiger partial charge in [-0.05, 0) is 33.2 Å². The summed E-state index contributed by atoms with van der Waals surface area (Å²) >= 11 is 0. The summed E-state index contributed by atoms with van der Waals surface area (Å²) in [6, 6.07) is 0.400. The lowest BCUT2D eigenvalue weighted by atomic mass is 10.1. The average molecular weight is 210 g/mol. The van der Waals surface area contributed by atoms with Gasteiger partial charge in [0.15, 0.2) is 0 Å². The van der Waals surface area contributed by atoms with Crippen molar-refractivity contribution in [3.8, 4) is 0 Å². The maximum absolute atomic E-state index is 11.9. The minimum Gasteiger partial charge on any atom is -0.339 e. The van der Waals surface area contributed by atoms with Crippen LogP contribution in [0.1, 0.15) is 33.1 Å². The predicted octanol–water partition coefficient (Wildman–Crippen LogP) is 1.55. The predicted molar refractivity (Wildman–Crippen MR) is 62.7 cm³/mol. The highest BCUT2D eigenvalue weighted by Gasteiger charge is 2.20. The molecule has 3 nitrogen and oxygen atoms in total. The van der Waals surface area contributed by atoms with Crippen LogP contribution < -0.4 is 5.32 Å². The van der Waals surface area contributed by atoms with Crippen molar-refractivity contribution in [1.82, 2.24) is 10.2 Å². The Labute approximate surface area is 92.5 Å². The fourth-order valence-corrected chi connectivity index (χ4v) is 1.97. The maximum atomic E-state index is 11.9. The van der Waals surface area contributed by atoms with Crippen LogP contribution in [0, 0.1) is 0 Å². The van der Waals surface area contributed by atoms with E-state index in [1.807, 2.05) is 18.7 Å². The SMILES string of the molecule is C=C(C)CN(CC)C(=O)CC1CCCN1. The van der Waals surface area contributed by atoms with Crippen molar-refractivity contribution in [3.05, 3.63) is 12.2 Å². The summed E-state index contributed by atoms with van der Waals surface area (Å²) in [5, 5.41) is 3.35. The van der Waals surface area contributed by atoms with Crippen LogP contribution in [0.15, 0.2) is 12.2 Å². The van der Waals surface area contributed by atoms with Crippen molar-refractivity contribution in [3.63, 3.8) is 0 Å². The number of hydrogen-bond donors (Lipinski definition) is 1. The van der Waals surface area contributed by atoms with Crippen molar-refractivity contribution in [2.24, 2.45) is 0 Å². The molecule has 0 aliphatic carbocycles. The fourth-order valence-electron chi connectivity index (χ4n) is 1.97. The van der Waals surface area contributed by atoms with E-state index in [0.29, 0.717) is 19.0 Å². The Morgan fingerprint density at radius 2 is 2.33 bits per heavy atom. The van der Waals surface area contributed by atoms with Crippen molar-refractivity contribution < 1.29 is 4.79 Å². The van der Waals surface area contributed by atoms with Gasteiger partial charge in [-0.2, -0.15) is 0 Å². The third kappa shape index (κ3) is 4.04. The quantitative estimate of drug-likeness (QED) is 0.698. The van der Waals surface area contributed by atoms with E-state index in [0.717, 1.165) is 25.1 Å². The van der Waals surface area contributed by atoms with Crippen molar-refractivity contribution in [2.75, 3.05) is 19.6 Å². The molecule has 0 aromatic carbocycles. The van der Waals surface area contributed by atoms with Crippen LogP contribution >= 0.6 is 0 Å². The molecule has 0 saturated carbocycles. The zero-order valence-electron chi connectivity index (χ0n) is 9.88. The van der Waals surface area contributed by atoms with Gasteiger partial charge >= 0.3 is 0 Å². The molecule has 1 unspecified atom stereocenters. The Kier molecular flexibility index (Phi) is 4.82. The topological polar surface area (TPSA) is 32.3 Å². The van der Waals surface area contributed by atoms with Gasteiger partial charge in [0.25, 0.3) is 0 Å². The first kappa shape index (κ1) is 12.2. The molecule has 0 aromatic heterocycles. The summed E-state index contributed by atoms with van der Waals surface area (Å²) in [6.45, 7) is 10.4. The molecule has 1 aliphatic rings. The highest BCUT2D eigenvalue weighted by atomic mass is 16.2. The summed E-state index contributed by atoms with van der Waals surface area (Å²) in [4.78, 5) is 13.8. The Morgan fingerprint density at radius 3 is 2.80 bits per heavy atom. The van der Waals surface area contributed by atoms with Gasteiger partial charge in [-0.3, -0.25) is 4.79 Å². The van der Waals surface area contributed by atoms with Gasteiger partial charge < -0.3 is 10.2 Å². The molecule has 1 amide bonds. The largest absolute Gasteiger partial charge is 0.339 e. The van der Waals surface area contributed by atoms with Crippen molar-refractivity contribution >= 4 is 5.91 Å². The van der Waals surface area contributed by atoms with Gasteiger partial charge in [0.1, 0.15) is 0 Å². The smallest absolute Gasteiger partial charge is 0.224 e. The Bertz CT molecular complexity index is 232. The van der Waals surface area contributed by atoms with Crippen LogP contribution in [0.5, 0.6) is 0 Å². The van der Waals surface area contributed by atoms with Crippen molar-refractivity contribution in [2.45, 2.75) is 39.2 Å². The second-order valence-corrected chi connectivity index (χ2v) is 4.36. The van der Waals surface area contributed by atoms with Crippen LogP contribution in [-0.4, -0.2) is 36.5 Å². The lowest BCUT2D eigenvalue weighted by Crippen LogP contribution is -2.36. The number of likely N-dealkylation sites (N-methyl/N-ethyl adjacent to an activating group) is 1. The van der Waals surface area contributed by atoms with Gasteiger partial charge in [0.2, 0.25) is 5.91 Å². The molecule has 3 heteroatoms. The summed E-state index contributed by atoms with van der Waals surface area (Å²) < 4.78 is 0. The zero-order valence-corrected chi connectivity index (χ0v) is 9.88. The number of carbonyl (C=O) groups excluding carboxylic acids is 1. The molecule has 1 N–H and O–H groups in total. The average Bonchev–Trinajstić information content (AvgIpc) is 2.66. The van der Waals surface area contributed by atoms with Crippen molar-refractivity contribution in [1.29, 1.82) is 0 Å². The molecule has 86 valence electrons. The van der Waals surface area contributed by atoms with Gasteiger partial charge in [-0.15, -0.1) is 0 Å². The highest BCUT2D eigenvalue weighted by molar-refractivity contribution is 5.77. The Hall–Kier alpha value is -0.830. The molecule has 0 spiro atoms. The molecule has 0 aromatic rings. The van der Waals surface area contributed by atoms with Gasteiger partial charge in [0, 0.05) is 25.6 Å². The van der Waals surface area contributed by atoms with E-state index >= 15 is 0 Å². The molecule has 1 fully saturated rings. The summed E-state index contributed by atoms with van der Waals surface area (Å²) in [5.74, 6) is 0.250. The number of carbonyl (C=O) groups is 1. The number of nitrogens with zero attached hydrogens (tertiary/aromatic N) is 1. The van der Waals surface area contributed by atoms with Gasteiger partial charge in [-0.25, -0.2) is 0 Å². The first-order valence-corrected chi connectivity index (χ1v) is 5.79. The standard InChI is InChI=1S/C12H22N2O/c1-4-14(9-10(2)3)12(15)8-11-6-5-7-13-11/h11,13H,2,4-9H2,1,3H3. The minimum atomic E-state index is 0.250. The van der Waals surface area contributed by atoms with E-state index in [9.17, 15) is 4.79 Å². The molecule has 0 bridgehead atoms. The molecule has 1 heterocycles. The molecule has 15 heavy (non-hydrogen) atoms. The maximum Gasteiger partial charge on any atom is 0.224 e. The van der Waals surface area contributed by atoms with Crippen LogP contribution in [-0.2, 0) is 4.79 Å². The van der Waals surface area contributed by atoms with Crippen LogP contribution in [0.2, 0.25) is 0 Å². The number of hydrogen-bond acceptors (Lipinski definition) is 2. The second-order valence-electron chi connectivity index (χ2n) is 4.36. The first-order valence-electron chi connectivity index (χ1n) is 5.79. The summed E-state index contributed by atoms with van der Waals surface area (Å²) in [6.07, 6.45) is 2.97. The lowest BCUT2D eigenvalue weighted by molar-refractivity contribution is -0.131. The molecule has 1 atom stereocenters. The lowest BCUT2D eigenvalue weighted by Gasteiger charge is -2.22. The molecule has 1 aliphatic heterocycles. The second kappa shape index (κ2) is 5.91. The molecular formula is C12H22N2O. The van der Waals surface area contributed by atoms with E-state index in [2.05, 4.69) is 11.9 Å². The fraction of sp³-hybridized carbons (Fsp3) is 0.750. The molecular weight excluding hydrogens is 188 g/mol. The van der Waals surface area contributed by atoms with Crippen LogP contribution in [0.25, 0.3) is 0 Å². The van der Waals surface area contributed by atoms with E-state index in [4.69, 9.17) is 0 Å². The third-order valence-corrected chi connectivity index (χ3v) is 2.78. The summed E-state index contributed by atoms with van der Waals surface area (Å²) in [7, 11) is 0. The summed E-state index contributed by atoms with van der Waals surface area (Å²) in [5.41, 5.74) is 1.05. The monoisotopic (exact) mass is 210 g/mol. The Morgan fingerprint density at radius 1 is 1.60 bits per heavy atom. The number of amides is 1. The van der Waals surface area contributed by atoms with Gasteiger partial charge in [0.05, 0.1) is 0 Å². The normalized spacial score (nSPS) is 20.3. The first-order chi connectivity index (χ1) is 7.13. The molecule has 1 saturated heterocycles. The minimum absolute atomic E-state index is 0.250. The Balaban J connectivity index is 2.38. The van der Waals surface area contributed by atoms with E-state index < -0.39 is 0 Å². The van der Waals surface area contributed by atoms with Crippen LogP contribution in [0.4, 0.5) is 0 Å². The molecule has 1 rings (SSSR count). The number of nitrogens with one attached hydrogen (secondary N) is 1. The highest BCUT2D eigenvalue weighted by Crippen LogP contribution is 2.11. The van der Waals surface area contributed by atoms with E-state index in [-0.39, 0.29) is 5.91 Å². The van der Waals surface area contributed by atoms with E-state index in [1.165, 1.54) is 6.42 Å².